The van der Waals surface area contributed by atoms with Crippen molar-refractivity contribution in [3.8, 4) is 11.3 Å². The van der Waals surface area contributed by atoms with E-state index in [0.717, 1.165) is 14.8 Å². The van der Waals surface area contributed by atoms with Gasteiger partial charge in [0.15, 0.2) is 0 Å². The van der Waals surface area contributed by atoms with Crippen LogP contribution in [0.4, 0.5) is 5.82 Å². The third-order valence-corrected chi connectivity index (χ3v) is 2.67. The van der Waals surface area contributed by atoms with Crippen LogP contribution in [-0.2, 0) is 0 Å². The molecule has 0 aliphatic rings. The van der Waals surface area contributed by atoms with Gasteiger partial charge in [-0.1, -0.05) is 0 Å². The lowest BCUT2D eigenvalue weighted by Crippen LogP contribution is -1.94. The zero-order valence-electron chi connectivity index (χ0n) is 7.31. The van der Waals surface area contributed by atoms with Gasteiger partial charge in [-0.2, -0.15) is 0 Å². The van der Waals surface area contributed by atoms with E-state index >= 15 is 0 Å². The number of pyridine rings is 2. The highest BCUT2D eigenvalue weighted by Crippen LogP contribution is 2.22. The van der Waals surface area contributed by atoms with E-state index in [-0.39, 0.29) is 0 Å². The molecule has 0 aromatic carbocycles. The molecule has 0 fully saturated rings. The van der Waals surface area contributed by atoms with Gasteiger partial charge < -0.3 is 5.73 Å². The lowest BCUT2D eigenvalue weighted by molar-refractivity contribution is 1.27. The highest BCUT2D eigenvalue weighted by atomic mass is 127. The third-order valence-electron chi connectivity index (χ3n) is 1.80. The minimum Gasteiger partial charge on any atom is -0.384 e. The highest BCUT2D eigenvalue weighted by molar-refractivity contribution is 14.1. The molecule has 14 heavy (non-hydrogen) atoms. The maximum atomic E-state index is 5.63. The van der Waals surface area contributed by atoms with Gasteiger partial charge in [0.25, 0.3) is 0 Å². The SMILES string of the molecule is Nc1ccc(I)c(-c2cccnc2)n1. The van der Waals surface area contributed by atoms with Gasteiger partial charge in [-0.05, 0) is 46.9 Å². The lowest BCUT2D eigenvalue weighted by Gasteiger charge is -2.03. The molecule has 2 aromatic rings. The molecule has 70 valence electrons. The van der Waals surface area contributed by atoms with Crippen molar-refractivity contribution < 1.29 is 0 Å². The van der Waals surface area contributed by atoms with Crippen LogP contribution in [0.3, 0.4) is 0 Å². The minimum atomic E-state index is 0.532. The molecule has 0 aliphatic carbocycles. The van der Waals surface area contributed by atoms with Crippen LogP contribution in [0, 0.1) is 3.57 Å². The smallest absolute Gasteiger partial charge is 0.124 e. The second-order valence-electron chi connectivity index (χ2n) is 2.81. The van der Waals surface area contributed by atoms with E-state index in [1.807, 2.05) is 18.2 Å². The fourth-order valence-corrected chi connectivity index (χ4v) is 1.77. The normalized spacial score (nSPS) is 10.1. The van der Waals surface area contributed by atoms with E-state index in [1.54, 1.807) is 18.5 Å². The standard InChI is InChI=1S/C10H8IN3/c11-8-3-4-9(12)14-10(8)7-2-1-5-13-6-7/h1-6H,(H2,12,14). The van der Waals surface area contributed by atoms with Crippen molar-refractivity contribution in [1.29, 1.82) is 0 Å². The summed E-state index contributed by atoms with van der Waals surface area (Å²) in [6, 6.07) is 7.60. The molecule has 2 heterocycles. The Kier molecular flexibility index (Phi) is 2.62. The molecule has 0 atom stereocenters. The first-order chi connectivity index (χ1) is 6.77. The second-order valence-corrected chi connectivity index (χ2v) is 3.97. The van der Waals surface area contributed by atoms with Crippen molar-refractivity contribution in [1.82, 2.24) is 9.97 Å². The molecule has 0 saturated carbocycles. The van der Waals surface area contributed by atoms with E-state index in [4.69, 9.17) is 5.73 Å². The number of aromatic nitrogens is 2. The number of rotatable bonds is 1. The van der Waals surface area contributed by atoms with Crippen LogP contribution in [0.5, 0.6) is 0 Å². The molecule has 2 N–H and O–H groups in total. The third kappa shape index (κ3) is 1.84. The molecule has 0 bridgehead atoms. The van der Waals surface area contributed by atoms with Crippen molar-refractivity contribution in [3.63, 3.8) is 0 Å². The molecular formula is C10H8IN3. The average molecular weight is 297 g/mol. The molecular weight excluding hydrogens is 289 g/mol. The van der Waals surface area contributed by atoms with Gasteiger partial charge in [0.05, 0.1) is 5.69 Å². The number of nitrogens with zero attached hydrogens (tertiary/aromatic N) is 2. The summed E-state index contributed by atoms with van der Waals surface area (Å²) in [5.74, 6) is 0.532. The zero-order valence-corrected chi connectivity index (χ0v) is 9.47. The topological polar surface area (TPSA) is 51.8 Å². The summed E-state index contributed by atoms with van der Waals surface area (Å²) in [7, 11) is 0. The number of hydrogen-bond donors (Lipinski definition) is 1. The summed E-state index contributed by atoms with van der Waals surface area (Å²) < 4.78 is 1.07. The molecule has 0 radical (unpaired) electrons. The van der Waals surface area contributed by atoms with Gasteiger partial charge in [-0.25, -0.2) is 4.98 Å². The van der Waals surface area contributed by atoms with Gasteiger partial charge in [-0.3, -0.25) is 4.98 Å². The van der Waals surface area contributed by atoms with Gasteiger partial charge in [0.1, 0.15) is 5.82 Å². The number of anilines is 1. The van der Waals surface area contributed by atoms with Crippen LogP contribution >= 0.6 is 22.6 Å². The molecule has 2 aromatic heterocycles. The Hall–Kier alpha value is -1.17. The Morgan fingerprint density at radius 1 is 1.21 bits per heavy atom. The molecule has 0 amide bonds. The van der Waals surface area contributed by atoms with Gasteiger partial charge in [0, 0.05) is 21.5 Å². The largest absolute Gasteiger partial charge is 0.384 e. The Bertz CT molecular complexity index is 442. The van der Waals surface area contributed by atoms with E-state index in [2.05, 4.69) is 32.6 Å². The molecule has 4 heteroatoms. The number of halogens is 1. The first-order valence-electron chi connectivity index (χ1n) is 4.10. The maximum Gasteiger partial charge on any atom is 0.124 e. The van der Waals surface area contributed by atoms with Crippen LogP contribution in [-0.4, -0.2) is 9.97 Å². The molecule has 0 unspecified atom stereocenters. The van der Waals surface area contributed by atoms with Crippen LogP contribution in [0.1, 0.15) is 0 Å². The summed E-state index contributed by atoms with van der Waals surface area (Å²) in [5, 5.41) is 0. The maximum absolute atomic E-state index is 5.63. The summed E-state index contributed by atoms with van der Waals surface area (Å²) >= 11 is 2.23. The van der Waals surface area contributed by atoms with Gasteiger partial charge in [-0.15, -0.1) is 0 Å². The molecule has 2 rings (SSSR count). The first kappa shape index (κ1) is 9.39. The van der Waals surface area contributed by atoms with E-state index in [0.29, 0.717) is 5.82 Å². The summed E-state index contributed by atoms with van der Waals surface area (Å²) in [5.41, 5.74) is 7.51. The van der Waals surface area contributed by atoms with E-state index < -0.39 is 0 Å². The minimum absolute atomic E-state index is 0.532. The number of nitrogen functional groups attached to an aromatic ring is 1. The van der Waals surface area contributed by atoms with Crippen molar-refractivity contribution in [2.75, 3.05) is 5.73 Å². The highest BCUT2D eigenvalue weighted by Gasteiger charge is 2.04. The molecule has 0 spiro atoms. The van der Waals surface area contributed by atoms with Crippen molar-refractivity contribution in [3.05, 3.63) is 40.2 Å². The van der Waals surface area contributed by atoms with E-state index in [9.17, 15) is 0 Å². The van der Waals surface area contributed by atoms with E-state index in [1.165, 1.54) is 0 Å². The fraction of sp³-hybridized carbons (Fsp3) is 0. The van der Waals surface area contributed by atoms with Crippen molar-refractivity contribution >= 4 is 28.4 Å². The average Bonchev–Trinajstić information content (AvgIpc) is 2.23. The van der Waals surface area contributed by atoms with Crippen molar-refractivity contribution in [2.24, 2.45) is 0 Å². The van der Waals surface area contributed by atoms with Gasteiger partial charge >= 0.3 is 0 Å². The Labute approximate surface area is 95.5 Å². The molecule has 3 nitrogen and oxygen atoms in total. The second kappa shape index (κ2) is 3.91. The Morgan fingerprint density at radius 2 is 2.07 bits per heavy atom. The molecule has 0 saturated heterocycles. The predicted molar refractivity (Wildman–Crippen MR) is 64.6 cm³/mol. The Morgan fingerprint density at radius 3 is 2.79 bits per heavy atom. The van der Waals surface area contributed by atoms with Crippen LogP contribution in [0.15, 0.2) is 36.7 Å². The quantitative estimate of drug-likeness (QED) is 0.822. The van der Waals surface area contributed by atoms with Gasteiger partial charge in [0.2, 0.25) is 0 Å². The summed E-state index contributed by atoms with van der Waals surface area (Å²) in [6.07, 6.45) is 3.52. The lowest BCUT2D eigenvalue weighted by atomic mass is 10.2. The van der Waals surface area contributed by atoms with Crippen molar-refractivity contribution in [2.45, 2.75) is 0 Å². The van der Waals surface area contributed by atoms with Crippen LogP contribution in [0.2, 0.25) is 0 Å². The van der Waals surface area contributed by atoms with Crippen LogP contribution < -0.4 is 5.73 Å². The van der Waals surface area contributed by atoms with Crippen LogP contribution in [0.25, 0.3) is 11.3 Å². The fourth-order valence-electron chi connectivity index (χ4n) is 1.16. The predicted octanol–water partition coefficient (Wildman–Crippen LogP) is 2.33. The first-order valence-corrected chi connectivity index (χ1v) is 5.17. The summed E-state index contributed by atoms with van der Waals surface area (Å²) in [4.78, 5) is 8.32. The number of hydrogen-bond acceptors (Lipinski definition) is 3. The molecule has 0 aliphatic heterocycles. The monoisotopic (exact) mass is 297 g/mol. The number of nitrogens with two attached hydrogens (primary N) is 1. The Balaban J connectivity index is 2.57. The zero-order chi connectivity index (χ0) is 9.97. The summed E-state index contributed by atoms with van der Waals surface area (Å²) in [6.45, 7) is 0.